The molecule has 1 fully saturated rings. The summed E-state index contributed by atoms with van der Waals surface area (Å²) in [5, 5.41) is 10.9. The van der Waals surface area contributed by atoms with Gasteiger partial charge in [-0.05, 0) is 62.6 Å². The van der Waals surface area contributed by atoms with Gasteiger partial charge in [-0.1, -0.05) is 38.1 Å². The standard InChI is InChI=1S/C24H35N5O2/c1-17(2)25-22(30)21-16-28(27-26-21)15-13-20-8-6-7-14-29(20)23(31)18-9-11-19(12-10-18)24(3,4)5/h9-12,16-17,20H,6-8,13-15H2,1-5H3,(H,25,30)/t20-/m0/s1. The molecule has 2 amide bonds. The zero-order valence-electron chi connectivity index (χ0n) is 19.4. The summed E-state index contributed by atoms with van der Waals surface area (Å²) in [4.78, 5) is 27.3. The van der Waals surface area contributed by atoms with Crippen molar-refractivity contribution in [1.82, 2.24) is 25.2 Å². The Balaban J connectivity index is 1.64. The van der Waals surface area contributed by atoms with E-state index in [9.17, 15) is 9.59 Å². The third-order valence-electron chi connectivity index (χ3n) is 5.77. The van der Waals surface area contributed by atoms with Gasteiger partial charge in [0.25, 0.3) is 11.8 Å². The summed E-state index contributed by atoms with van der Waals surface area (Å²) in [6, 6.07) is 8.24. The molecular formula is C24H35N5O2. The number of nitrogens with zero attached hydrogens (tertiary/aromatic N) is 4. The predicted molar refractivity (Wildman–Crippen MR) is 121 cm³/mol. The highest BCUT2D eigenvalue weighted by atomic mass is 16.2. The SMILES string of the molecule is CC(C)NC(=O)c1cn(CC[C@@H]2CCCCN2C(=O)c2ccc(C(C)(C)C)cc2)nn1. The number of aryl methyl sites for hydroxylation is 1. The van der Waals surface area contributed by atoms with E-state index in [1.807, 2.05) is 30.9 Å². The topological polar surface area (TPSA) is 80.1 Å². The molecule has 31 heavy (non-hydrogen) atoms. The van der Waals surface area contributed by atoms with Crippen LogP contribution in [0, 0.1) is 0 Å². The van der Waals surface area contributed by atoms with Gasteiger partial charge in [0, 0.05) is 30.7 Å². The first kappa shape index (κ1) is 23.0. The molecule has 1 aliphatic heterocycles. The Labute approximate surface area is 185 Å². The van der Waals surface area contributed by atoms with Crippen molar-refractivity contribution in [2.75, 3.05) is 6.54 Å². The van der Waals surface area contributed by atoms with Gasteiger partial charge < -0.3 is 10.2 Å². The second-order valence-corrected chi connectivity index (χ2v) is 9.76. The summed E-state index contributed by atoms with van der Waals surface area (Å²) in [5.74, 6) is -0.116. The van der Waals surface area contributed by atoms with Crippen LogP contribution in [0.4, 0.5) is 0 Å². The van der Waals surface area contributed by atoms with E-state index in [0.29, 0.717) is 12.2 Å². The second-order valence-electron chi connectivity index (χ2n) is 9.76. The van der Waals surface area contributed by atoms with Crippen LogP contribution in [0.15, 0.2) is 30.5 Å². The Morgan fingerprint density at radius 1 is 1.16 bits per heavy atom. The van der Waals surface area contributed by atoms with E-state index >= 15 is 0 Å². The highest BCUT2D eigenvalue weighted by Gasteiger charge is 2.28. The van der Waals surface area contributed by atoms with Crippen LogP contribution < -0.4 is 5.32 Å². The van der Waals surface area contributed by atoms with Crippen molar-refractivity contribution in [2.24, 2.45) is 0 Å². The lowest BCUT2D eigenvalue weighted by Gasteiger charge is -2.36. The smallest absolute Gasteiger partial charge is 0.273 e. The van der Waals surface area contributed by atoms with E-state index in [4.69, 9.17) is 0 Å². The Morgan fingerprint density at radius 2 is 1.87 bits per heavy atom. The molecule has 2 aromatic rings. The Kier molecular flexibility index (Phi) is 7.13. The van der Waals surface area contributed by atoms with Gasteiger partial charge >= 0.3 is 0 Å². The first-order chi connectivity index (χ1) is 14.6. The highest BCUT2D eigenvalue weighted by Crippen LogP contribution is 2.25. The summed E-state index contributed by atoms with van der Waals surface area (Å²) >= 11 is 0. The first-order valence-corrected chi connectivity index (χ1v) is 11.3. The molecule has 0 spiro atoms. The fourth-order valence-corrected chi connectivity index (χ4v) is 3.98. The fourth-order valence-electron chi connectivity index (χ4n) is 3.98. The van der Waals surface area contributed by atoms with Crippen molar-refractivity contribution in [3.63, 3.8) is 0 Å². The number of aromatic nitrogens is 3. The van der Waals surface area contributed by atoms with Gasteiger partial charge in [0.15, 0.2) is 5.69 Å². The minimum absolute atomic E-state index is 0.0527. The monoisotopic (exact) mass is 425 g/mol. The fraction of sp³-hybridized carbons (Fsp3) is 0.583. The predicted octanol–water partition coefficient (Wildman–Crippen LogP) is 3.80. The van der Waals surface area contributed by atoms with E-state index < -0.39 is 0 Å². The first-order valence-electron chi connectivity index (χ1n) is 11.3. The summed E-state index contributed by atoms with van der Waals surface area (Å²) < 4.78 is 1.70. The van der Waals surface area contributed by atoms with Crippen molar-refractivity contribution >= 4 is 11.8 Å². The zero-order chi connectivity index (χ0) is 22.6. The summed E-state index contributed by atoms with van der Waals surface area (Å²) in [6.45, 7) is 11.7. The van der Waals surface area contributed by atoms with E-state index in [1.165, 1.54) is 5.56 Å². The summed E-state index contributed by atoms with van der Waals surface area (Å²) in [5.41, 5.74) is 2.36. The van der Waals surface area contributed by atoms with E-state index in [2.05, 4.69) is 48.5 Å². The van der Waals surface area contributed by atoms with Gasteiger partial charge in [-0.25, -0.2) is 0 Å². The van der Waals surface area contributed by atoms with Crippen LogP contribution in [-0.4, -0.2) is 50.3 Å². The number of likely N-dealkylation sites (tertiary alicyclic amines) is 1. The van der Waals surface area contributed by atoms with Crippen LogP contribution in [0.5, 0.6) is 0 Å². The number of amides is 2. The van der Waals surface area contributed by atoms with Crippen LogP contribution in [0.25, 0.3) is 0 Å². The third kappa shape index (κ3) is 5.93. The maximum absolute atomic E-state index is 13.2. The number of hydrogen-bond acceptors (Lipinski definition) is 4. The average molecular weight is 426 g/mol. The number of piperidine rings is 1. The van der Waals surface area contributed by atoms with E-state index in [1.54, 1.807) is 10.9 Å². The molecule has 0 bridgehead atoms. The largest absolute Gasteiger partial charge is 0.348 e. The van der Waals surface area contributed by atoms with E-state index in [-0.39, 0.29) is 29.3 Å². The molecule has 0 unspecified atom stereocenters. The zero-order valence-corrected chi connectivity index (χ0v) is 19.4. The van der Waals surface area contributed by atoms with Crippen molar-refractivity contribution in [3.05, 3.63) is 47.3 Å². The molecule has 1 aliphatic rings. The van der Waals surface area contributed by atoms with Gasteiger partial charge in [-0.2, -0.15) is 0 Å². The molecule has 2 heterocycles. The maximum atomic E-state index is 13.2. The molecule has 1 aromatic carbocycles. The minimum atomic E-state index is -0.213. The normalized spacial score (nSPS) is 17.1. The van der Waals surface area contributed by atoms with Crippen LogP contribution in [0.1, 0.15) is 86.7 Å². The number of carbonyl (C=O) groups is 2. The Morgan fingerprint density at radius 3 is 2.52 bits per heavy atom. The number of carbonyl (C=O) groups excluding carboxylic acids is 2. The van der Waals surface area contributed by atoms with Gasteiger partial charge in [0.2, 0.25) is 0 Å². The van der Waals surface area contributed by atoms with Crippen molar-refractivity contribution in [2.45, 2.75) is 84.3 Å². The molecule has 1 aromatic heterocycles. The Bertz CT molecular complexity index is 895. The number of nitrogens with one attached hydrogen (secondary N) is 1. The number of hydrogen-bond donors (Lipinski definition) is 1. The minimum Gasteiger partial charge on any atom is -0.348 e. The number of rotatable bonds is 6. The molecule has 1 saturated heterocycles. The molecular weight excluding hydrogens is 390 g/mol. The lowest BCUT2D eigenvalue weighted by atomic mass is 9.86. The molecule has 7 heteroatoms. The molecule has 7 nitrogen and oxygen atoms in total. The van der Waals surface area contributed by atoms with Crippen LogP contribution in [0.2, 0.25) is 0 Å². The molecule has 0 aliphatic carbocycles. The molecule has 0 saturated carbocycles. The quantitative estimate of drug-likeness (QED) is 0.763. The molecule has 1 N–H and O–H groups in total. The highest BCUT2D eigenvalue weighted by molar-refractivity contribution is 5.94. The third-order valence-corrected chi connectivity index (χ3v) is 5.77. The Hall–Kier alpha value is -2.70. The lowest BCUT2D eigenvalue weighted by Crippen LogP contribution is -2.44. The van der Waals surface area contributed by atoms with Crippen LogP contribution >= 0.6 is 0 Å². The molecule has 0 radical (unpaired) electrons. The number of benzene rings is 1. The van der Waals surface area contributed by atoms with Crippen LogP contribution in [-0.2, 0) is 12.0 Å². The van der Waals surface area contributed by atoms with Crippen LogP contribution in [0.3, 0.4) is 0 Å². The summed E-state index contributed by atoms with van der Waals surface area (Å²) in [7, 11) is 0. The van der Waals surface area contributed by atoms with Gasteiger partial charge in [-0.3, -0.25) is 14.3 Å². The lowest BCUT2D eigenvalue weighted by molar-refractivity contribution is 0.0593. The van der Waals surface area contributed by atoms with Gasteiger partial charge in [-0.15, -0.1) is 5.10 Å². The van der Waals surface area contributed by atoms with Crippen molar-refractivity contribution in [3.8, 4) is 0 Å². The van der Waals surface area contributed by atoms with Crippen molar-refractivity contribution < 1.29 is 9.59 Å². The molecule has 1 atom stereocenters. The summed E-state index contributed by atoms with van der Waals surface area (Å²) in [6.07, 6.45) is 5.61. The second kappa shape index (κ2) is 9.62. The maximum Gasteiger partial charge on any atom is 0.273 e. The van der Waals surface area contributed by atoms with E-state index in [0.717, 1.165) is 37.8 Å². The average Bonchev–Trinajstić information content (AvgIpc) is 3.20. The van der Waals surface area contributed by atoms with Gasteiger partial charge in [0.1, 0.15) is 0 Å². The van der Waals surface area contributed by atoms with Gasteiger partial charge in [0.05, 0.1) is 6.20 Å². The molecule has 3 rings (SSSR count). The molecule has 168 valence electrons. The van der Waals surface area contributed by atoms with Crippen molar-refractivity contribution in [1.29, 1.82) is 0 Å².